The van der Waals surface area contributed by atoms with E-state index >= 15 is 0 Å². The Labute approximate surface area is 153 Å². The van der Waals surface area contributed by atoms with Crippen molar-refractivity contribution >= 4 is 0 Å². The summed E-state index contributed by atoms with van der Waals surface area (Å²) in [6.07, 6.45) is -2.02. The zero-order valence-electron chi connectivity index (χ0n) is 15.1. The molecule has 0 aliphatic rings. The van der Waals surface area contributed by atoms with Gasteiger partial charge in [-0.1, -0.05) is 24.3 Å². The zero-order chi connectivity index (χ0) is 18.8. The fraction of sp³-hybridized carbons (Fsp3) is 0.400. The summed E-state index contributed by atoms with van der Waals surface area (Å²) in [5, 5.41) is 19.9. The van der Waals surface area contributed by atoms with Gasteiger partial charge in [0, 0.05) is 0 Å². The number of aliphatic hydroxyl groups excluding tert-OH is 2. The Morgan fingerprint density at radius 3 is 1.31 bits per heavy atom. The molecular weight excluding hydrogens is 336 g/mol. The zero-order valence-corrected chi connectivity index (χ0v) is 15.1. The van der Waals surface area contributed by atoms with Crippen molar-refractivity contribution in [2.24, 2.45) is 0 Å². The van der Waals surface area contributed by atoms with Crippen LogP contribution in [-0.4, -0.2) is 49.9 Å². The molecule has 0 amide bonds. The second-order valence-corrected chi connectivity index (χ2v) is 5.86. The molecule has 0 heterocycles. The van der Waals surface area contributed by atoms with Crippen molar-refractivity contribution in [1.82, 2.24) is 0 Å². The first kappa shape index (κ1) is 20.2. The molecule has 0 aliphatic carbocycles. The molecule has 6 heteroatoms. The first-order chi connectivity index (χ1) is 12.6. The number of ether oxygens (including phenoxy) is 4. The molecule has 2 unspecified atom stereocenters. The topological polar surface area (TPSA) is 77.4 Å². The Balaban J connectivity index is 1.63. The van der Waals surface area contributed by atoms with Gasteiger partial charge in [-0.2, -0.15) is 0 Å². The van der Waals surface area contributed by atoms with Crippen LogP contribution in [0.15, 0.2) is 48.5 Å². The minimum atomic E-state index is -1.01. The summed E-state index contributed by atoms with van der Waals surface area (Å²) in [5.41, 5.74) is 1.92. The molecule has 0 spiro atoms. The quantitative estimate of drug-likeness (QED) is 0.638. The van der Waals surface area contributed by atoms with E-state index < -0.39 is 12.2 Å². The van der Waals surface area contributed by atoms with Crippen LogP contribution in [0.2, 0.25) is 0 Å². The Kier molecular flexibility index (Phi) is 8.37. The van der Waals surface area contributed by atoms with Gasteiger partial charge in [0.25, 0.3) is 0 Å². The molecule has 0 radical (unpaired) electrons. The number of hydrogen-bond donors (Lipinski definition) is 2. The first-order valence-corrected chi connectivity index (χ1v) is 8.40. The highest BCUT2D eigenvalue weighted by molar-refractivity contribution is 5.27. The molecule has 0 saturated heterocycles. The molecule has 26 heavy (non-hydrogen) atoms. The lowest BCUT2D eigenvalue weighted by Gasteiger charge is -2.18. The normalized spacial score (nSPS) is 13.2. The minimum absolute atomic E-state index is 0.0269. The fourth-order valence-electron chi connectivity index (χ4n) is 2.26. The number of methoxy groups -OCH3 is 2. The Morgan fingerprint density at radius 1 is 0.654 bits per heavy atom. The van der Waals surface area contributed by atoms with Crippen molar-refractivity contribution < 1.29 is 29.2 Å². The van der Waals surface area contributed by atoms with E-state index in [-0.39, 0.29) is 13.2 Å². The molecule has 142 valence electrons. The number of aliphatic hydroxyl groups is 2. The van der Waals surface area contributed by atoms with Crippen LogP contribution in [0, 0.1) is 0 Å². The van der Waals surface area contributed by atoms with Crippen LogP contribution in [0.25, 0.3) is 0 Å². The average Bonchev–Trinajstić information content (AvgIpc) is 2.68. The number of rotatable bonds is 11. The SMILES string of the molecule is COc1ccc(COCC(O)C(O)COCc2ccc(OC)cc2)cc1. The number of benzene rings is 2. The highest BCUT2D eigenvalue weighted by atomic mass is 16.5. The van der Waals surface area contributed by atoms with E-state index in [2.05, 4.69) is 0 Å². The summed E-state index contributed by atoms with van der Waals surface area (Å²) in [6.45, 7) is 0.749. The van der Waals surface area contributed by atoms with Gasteiger partial charge in [-0.05, 0) is 35.4 Å². The third-order valence-corrected chi connectivity index (χ3v) is 3.88. The fourth-order valence-corrected chi connectivity index (χ4v) is 2.26. The lowest BCUT2D eigenvalue weighted by atomic mass is 10.2. The van der Waals surface area contributed by atoms with E-state index in [1.807, 2.05) is 48.5 Å². The molecule has 2 N–H and O–H groups in total. The van der Waals surface area contributed by atoms with Crippen molar-refractivity contribution in [3.8, 4) is 11.5 Å². The summed E-state index contributed by atoms with van der Waals surface area (Å²) in [5.74, 6) is 1.55. The maximum Gasteiger partial charge on any atom is 0.118 e. The smallest absolute Gasteiger partial charge is 0.118 e. The van der Waals surface area contributed by atoms with Crippen molar-refractivity contribution in [3.63, 3.8) is 0 Å². The first-order valence-electron chi connectivity index (χ1n) is 8.40. The average molecular weight is 362 g/mol. The van der Waals surface area contributed by atoms with Crippen LogP contribution in [0.4, 0.5) is 0 Å². The van der Waals surface area contributed by atoms with E-state index in [4.69, 9.17) is 18.9 Å². The van der Waals surface area contributed by atoms with Gasteiger partial charge < -0.3 is 29.2 Å². The van der Waals surface area contributed by atoms with Gasteiger partial charge in [0.05, 0.1) is 40.6 Å². The maximum absolute atomic E-state index is 9.95. The van der Waals surface area contributed by atoms with Crippen LogP contribution in [0.5, 0.6) is 11.5 Å². The predicted molar refractivity (Wildman–Crippen MR) is 97.3 cm³/mol. The lowest BCUT2D eigenvalue weighted by molar-refractivity contribution is -0.0758. The third-order valence-electron chi connectivity index (χ3n) is 3.88. The van der Waals surface area contributed by atoms with Gasteiger partial charge in [-0.25, -0.2) is 0 Å². The number of hydrogen-bond acceptors (Lipinski definition) is 6. The highest BCUT2D eigenvalue weighted by Gasteiger charge is 2.16. The molecule has 2 aromatic rings. The molecule has 2 rings (SSSR count). The van der Waals surface area contributed by atoms with Crippen LogP contribution >= 0.6 is 0 Å². The Hall–Kier alpha value is -2.12. The lowest BCUT2D eigenvalue weighted by Crippen LogP contribution is -2.34. The second kappa shape index (κ2) is 10.8. The molecule has 0 aromatic heterocycles. The van der Waals surface area contributed by atoms with Gasteiger partial charge in [-0.3, -0.25) is 0 Å². The molecule has 2 aromatic carbocycles. The van der Waals surface area contributed by atoms with Gasteiger partial charge in [0.2, 0.25) is 0 Å². The van der Waals surface area contributed by atoms with Gasteiger partial charge >= 0.3 is 0 Å². The Bertz CT molecular complexity index is 568. The molecule has 0 aliphatic heterocycles. The van der Waals surface area contributed by atoms with Crippen LogP contribution in [0.3, 0.4) is 0 Å². The predicted octanol–water partition coefficient (Wildman–Crippen LogP) is 2.16. The van der Waals surface area contributed by atoms with Gasteiger partial charge in [-0.15, -0.1) is 0 Å². The largest absolute Gasteiger partial charge is 0.497 e. The van der Waals surface area contributed by atoms with Crippen molar-refractivity contribution in [2.45, 2.75) is 25.4 Å². The molecular formula is C20H26O6. The summed E-state index contributed by atoms with van der Waals surface area (Å²) in [6, 6.07) is 14.9. The third kappa shape index (κ3) is 6.65. The van der Waals surface area contributed by atoms with E-state index in [0.29, 0.717) is 13.2 Å². The van der Waals surface area contributed by atoms with E-state index in [1.54, 1.807) is 14.2 Å². The Morgan fingerprint density at radius 2 is 1.00 bits per heavy atom. The minimum Gasteiger partial charge on any atom is -0.497 e. The summed E-state index contributed by atoms with van der Waals surface area (Å²) >= 11 is 0. The van der Waals surface area contributed by atoms with Crippen molar-refractivity contribution in [3.05, 3.63) is 59.7 Å². The van der Waals surface area contributed by atoms with Gasteiger partial charge in [0.15, 0.2) is 0 Å². The standard InChI is InChI=1S/C20H26O6/c1-23-17-7-3-15(4-8-17)11-25-13-19(21)20(22)14-26-12-16-5-9-18(24-2)10-6-16/h3-10,19-22H,11-14H2,1-2H3. The molecule has 0 fully saturated rings. The van der Waals surface area contributed by atoms with E-state index in [9.17, 15) is 10.2 Å². The molecule has 0 saturated carbocycles. The molecule has 2 atom stereocenters. The highest BCUT2D eigenvalue weighted by Crippen LogP contribution is 2.13. The van der Waals surface area contributed by atoms with Crippen LogP contribution in [-0.2, 0) is 22.7 Å². The summed E-state index contributed by atoms with van der Waals surface area (Å²) < 4.78 is 21.1. The van der Waals surface area contributed by atoms with Crippen LogP contribution < -0.4 is 9.47 Å². The maximum atomic E-state index is 9.95. The molecule has 6 nitrogen and oxygen atoms in total. The van der Waals surface area contributed by atoms with Crippen LogP contribution in [0.1, 0.15) is 11.1 Å². The van der Waals surface area contributed by atoms with E-state index in [0.717, 1.165) is 22.6 Å². The van der Waals surface area contributed by atoms with Gasteiger partial charge in [0.1, 0.15) is 23.7 Å². The van der Waals surface area contributed by atoms with Crippen molar-refractivity contribution in [1.29, 1.82) is 0 Å². The van der Waals surface area contributed by atoms with E-state index in [1.165, 1.54) is 0 Å². The second-order valence-electron chi connectivity index (χ2n) is 5.86. The molecule has 0 bridgehead atoms. The summed E-state index contributed by atoms with van der Waals surface area (Å²) in [4.78, 5) is 0. The van der Waals surface area contributed by atoms with Crippen molar-refractivity contribution in [2.75, 3.05) is 27.4 Å². The monoisotopic (exact) mass is 362 g/mol. The summed E-state index contributed by atoms with van der Waals surface area (Å²) in [7, 11) is 3.22.